The van der Waals surface area contributed by atoms with Gasteiger partial charge in [0, 0.05) is 18.3 Å². The molecule has 0 bridgehead atoms. The molecule has 0 aliphatic rings. The first-order valence-corrected chi connectivity index (χ1v) is 4.88. The van der Waals surface area contributed by atoms with Crippen LogP contribution >= 0.6 is 11.6 Å². The van der Waals surface area contributed by atoms with Crippen LogP contribution in [0.4, 0.5) is 11.4 Å². The molecule has 1 aromatic carbocycles. The van der Waals surface area contributed by atoms with Crippen molar-refractivity contribution in [2.24, 2.45) is 0 Å². The zero-order valence-corrected chi connectivity index (χ0v) is 8.97. The Balaban J connectivity index is 2.64. The normalized spacial score (nSPS) is 9.47. The highest BCUT2D eigenvalue weighted by atomic mass is 35.5. The second-order valence-electron chi connectivity index (χ2n) is 2.94. The molecule has 0 fully saturated rings. The molecule has 0 spiro atoms. The summed E-state index contributed by atoms with van der Waals surface area (Å²) in [5.74, 6) is -0.468. The van der Waals surface area contributed by atoms with Crippen molar-refractivity contribution in [2.45, 2.75) is 6.92 Å². The van der Waals surface area contributed by atoms with Gasteiger partial charge in [-0.1, -0.05) is 0 Å². The molecule has 0 radical (unpaired) electrons. The second-order valence-corrected chi connectivity index (χ2v) is 3.21. The average molecular weight is 227 g/mol. The second kappa shape index (κ2) is 5.36. The lowest BCUT2D eigenvalue weighted by molar-refractivity contribution is -0.114. The molecular formula is C10H11ClN2O2. The van der Waals surface area contributed by atoms with Crippen LogP contribution in [-0.4, -0.2) is 17.7 Å². The smallest absolute Gasteiger partial charge is 0.239 e. The average Bonchev–Trinajstić information content (AvgIpc) is 2.20. The van der Waals surface area contributed by atoms with Gasteiger partial charge in [-0.15, -0.1) is 11.6 Å². The maximum Gasteiger partial charge on any atom is 0.239 e. The molecule has 5 heteroatoms. The van der Waals surface area contributed by atoms with Crippen LogP contribution in [0.2, 0.25) is 0 Å². The molecule has 2 N–H and O–H groups in total. The highest BCUT2D eigenvalue weighted by Crippen LogP contribution is 2.13. The van der Waals surface area contributed by atoms with E-state index < -0.39 is 0 Å². The maximum absolute atomic E-state index is 10.9. The van der Waals surface area contributed by atoms with E-state index in [1.54, 1.807) is 24.3 Å². The molecule has 0 unspecified atom stereocenters. The van der Waals surface area contributed by atoms with Gasteiger partial charge in [0.15, 0.2) is 0 Å². The minimum absolute atomic E-state index is 0.0759. The number of rotatable bonds is 3. The number of alkyl halides is 1. The minimum atomic E-state index is -0.260. The van der Waals surface area contributed by atoms with Gasteiger partial charge in [-0.3, -0.25) is 9.59 Å². The van der Waals surface area contributed by atoms with Crippen LogP contribution in [0.25, 0.3) is 0 Å². The number of anilines is 2. The van der Waals surface area contributed by atoms with Crippen LogP contribution in [0, 0.1) is 0 Å². The largest absolute Gasteiger partial charge is 0.326 e. The molecule has 4 nitrogen and oxygen atoms in total. The standard InChI is InChI=1S/C10H11ClN2O2/c1-7(14)12-8-2-4-9(5-3-8)13-10(15)6-11/h2-5H,6H2,1H3,(H,12,14)(H,13,15). The predicted octanol–water partition coefficient (Wildman–Crippen LogP) is 1.82. The van der Waals surface area contributed by atoms with Crippen molar-refractivity contribution >= 4 is 34.8 Å². The van der Waals surface area contributed by atoms with E-state index in [1.807, 2.05) is 0 Å². The summed E-state index contributed by atoms with van der Waals surface area (Å²) < 4.78 is 0. The Morgan fingerprint density at radius 3 is 2.00 bits per heavy atom. The molecular weight excluding hydrogens is 216 g/mol. The highest BCUT2D eigenvalue weighted by molar-refractivity contribution is 6.29. The highest BCUT2D eigenvalue weighted by Gasteiger charge is 2.00. The van der Waals surface area contributed by atoms with Gasteiger partial charge in [0.05, 0.1) is 0 Å². The van der Waals surface area contributed by atoms with Crippen LogP contribution in [0.1, 0.15) is 6.92 Å². The summed E-state index contributed by atoms with van der Waals surface area (Å²) in [5.41, 5.74) is 1.33. The third-order valence-electron chi connectivity index (χ3n) is 1.61. The van der Waals surface area contributed by atoms with Gasteiger partial charge in [-0.2, -0.15) is 0 Å². The van der Waals surface area contributed by atoms with E-state index >= 15 is 0 Å². The molecule has 0 aliphatic heterocycles. The molecule has 2 amide bonds. The number of hydrogen-bond acceptors (Lipinski definition) is 2. The summed E-state index contributed by atoms with van der Waals surface area (Å²) in [7, 11) is 0. The van der Waals surface area contributed by atoms with Crippen molar-refractivity contribution in [3.8, 4) is 0 Å². The zero-order chi connectivity index (χ0) is 11.3. The molecule has 0 aromatic heterocycles. The molecule has 1 aromatic rings. The minimum Gasteiger partial charge on any atom is -0.326 e. The Morgan fingerprint density at radius 1 is 1.13 bits per heavy atom. The number of carbonyl (C=O) groups excluding carboxylic acids is 2. The van der Waals surface area contributed by atoms with Gasteiger partial charge in [-0.25, -0.2) is 0 Å². The molecule has 15 heavy (non-hydrogen) atoms. The van der Waals surface area contributed by atoms with E-state index in [4.69, 9.17) is 11.6 Å². The van der Waals surface area contributed by atoms with Crippen LogP contribution in [-0.2, 0) is 9.59 Å². The Kier molecular flexibility index (Phi) is 4.12. The summed E-state index contributed by atoms with van der Waals surface area (Å²) in [5, 5.41) is 5.21. The Morgan fingerprint density at radius 2 is 1.60 bits per heavy atom. The fourth-order valence-corrected chi connectivity index (χ4v) is 1.10. The third kappa shape index (κ3) is 3.99. The zero-order valence-electron chi connectivity index (χ0n) is 8.21. The van der Waals surface area contributed by atoms with E-state index in [-0.39, 0.29) is 17.7 Å². The van der Waals surface area contributed by atoms with Crippen molar-refractivity contribution in [1.82, 2.24) is 0 Å². The summed E-state index contributed by atoms with van der Waals surface area (Å²) in [4.78, 5) is 21.7. The Labute approximate surface area is 92.6 Å². The number of amides is 2. The van der Waals surface area contributed by atoms with Crippen LogP contribution in [0.3, 0.4) is 0 Å². The van der Waals surface area contributed by atoms with Crippen molar-refractivity contribution in [1.29, 1.82) is 0 Å². The fourth-order valence-electron chi connectivity index (χ4n) is 1.03. The van der Waals surface area contributed by atoms with Gasteiger partial charge in [0.25, 0.3) is 0 Å². The number of carbonyl (C=O) groups is 2. The van der Waals surface area contributed by atoms with Gasteiger partial charge in [0.1, 0.15) is 5.88 Å². The summed E-state index contributed by atoms with van der Waals surface area (Å²) >= 11 is 5.33. The maximum atomic E-state index is 10.9. The number of hydrogen-bond donors (Lipinski definition) is 2. The molecule has 0 atom stereocenters. The molecule has 1 rings (SSSR count). The quantitative estimate of drug-likeness (QED) is 0.773. The lowest BCUT2D eigenvalue weighted by Gasteiger charge is -2.05. The molecule has 0 saturated heterocycles. The number of halogens is 1. The van der Waals surface area contributed by atoms with Crippen LogP contribution in [0.5, 0.6) is 0 Å². The molecule has 0 saturated carbocycles. The Bertz CT molecular complexity index is 362. The first-order chi connectivity index (χ1) is 7.11. The van der Waals surface area contributed by atoms with E-state index in [1.165, 1.54) is 6.92 Å². The Hall–Kier alpha value is -1.55. The van der Waals surface area contributed by atoms with Crippen molar-refractivity contribution in [3.63, 3.8) is 0 Å². The molecule has 80 valence electrons. The summed E-state index contributed by atoms with van der Waals surface area (Å²) in [6, 6.07) is 6.78. The summed E-state index contributed by atoms with van der Waals surface area (Å²) in [6.45, 7) is 1.43. The van der Waals surface area contributed by atoms with Crippen LogP contribution < -0.4 is 10.6 Å². The van der Waals surface area contributed by atoms with E-state index in [0.717, 1.165) is 0 Å². The topological polar surface area (TPSA) is 58.2 Å². The first kappa shape index (κ1) is 11.5. The number of benzene rings is 1. The van der Waals surface area contributed by atoms with Crippen molar-refractivity contribution < 1.29 is 9.59 Å². The SMILES string of the molecule is CC(=O)Nc1ccc(NC(=O)CCl)cc1. The lowest BCUT2D eigenvalue weighted by atomic mass is 10.3. The molecule has 0 aliphatic carbocycles. The van der Waals surface area contributed by atoms with Gasteiger partial charge < -0.3 is 10.6 Å². The van der Waals surface area contributed by atoms with Crippen molar-refractivity contribution in [2.75, 3.05) is 16.5 Å². The summed E-state index contributed by atoms with van der Waals surface area (Å²) in [6.07, 6.45) is 0. The van der Waals surface area contributed by atoms with Gasteiger partial charge >= 0.3 is 0 Å². The van der Waals surface area contributed by atoms with Gasteiger partial charge in [0.2, 0.25) is 11.8 Å². The first-order valence-electron chi connectivity index (χ1n) is 4.35. The molecule has 0 heterocycles. The van der Waals surface area contributed by atoms with E-state index in [2.05, 4.69) is 10.6 Å². The van der Waals surface area contributed by atoms with Gasteiger partial charge in [-0.05, 0) is 24.3 Å². The number of nitrogens with one attached hydrogen (secondary N) is 2. The van der Waals surface area contributed by atoms with Crippen molar-refractivity contribution in [3.05, 3.63) is 24.3 Å². The third-order valence-corrected chi connectivity index (χ3v) is 1.85. The monoisotopic (exact) mass is 226 g/mol. The lowest BCUT2D eigenvalue weighted by Crippen LogP contribution is -2.12. The van der Waals surface area contributed by atoms with Crippen LogP contribution in [0.15, 0.2) is 24.3 Å². The van der Waals surface area contributed by atoms with E-state index in [9.17, 15) is 9.59 Å². The van der Waals surface area contributed by atoms with E-state index in [0.29, 0.717) is 11.4 Å². The predicted molar refractivity (Wildman–Crippen MR) is 60.1 cm³/mol. The fraction of sp³-hybridized carbons (Fsp3) is 0.200.